The zero-order valence-corrected chi connectivity index (χ0v) is 13.3. The van der Waals surface area contributed by atoms with Gasteiger partial charge in [0, 0.05) is 37.8 Å². The number of nitrogens with one attached hydrogen (secondary N) is 1. The van der Waals surface area contributed by atoms with Crippen LogP contribution in [0.1, 0.15) is 50.8 Å². The molecule has 112 valence electrons. The predicted molar refractivity (Wildman–Crippen MR) is 83.0 cm³/mol. The first kappa shape index (κ1) is 13.9. The van der Waals surface area contributed by atoms with Gasteiger partial charge in [0.2, 0.25) is 0 Å². The van der Waals surface area contributed by atoms with Crippen LogP contribution in [0, 0.1) is 12.8 Å². The average Bonchev–Trinajstić information content (AvgIpc) is 3.25. The minimum atomic E-state index is 0.532. The lowest BCUT2D eigenvalue weighted by Gasteiger charge is -2.30. The van der Waals surface area contributed by atoms with Crippen molar-refractivity contribution in [3.8, 4) is 0 Å². The quantitative estimate of drug-likeness (QED) is 0.831. The summed E-state index contributed by atoms with van der Waals surface area (Å²) in [6.07, 6.45) is 5.47. The Labute approximate surface area is 122 Å². The van der Waals surface area contributed by atoms with Gasteiger partial charge in [0.15, 0.2) is 0 Å². The van der Waals surface area contributed by atoms with Crippen molar-refractivity contribution < 1.29 is 0 Å². The Bertz CT molecular complexity index is 469. The summed E-state index contributed by atoms with van der Waals surface area (Å²) in [7, 11) is 2.09. The standard InChI is InChI=1S/C16H28N4/c1-11(2)20(10-13-5-6-13)16-15(9-17-14-7-8-14)12(3)18-19(16)4/h11,13-14,17H,5-10H2,1-4H3. The van der Waals surface area contributed by atoms with Crippen LogP contribution in [0.4, 0.5) is 5.82 Å². The lowest BCUT2D eigenvalue weighted by atomic mass is 10.2. The lowest BCUT2D eigenvalue weighted by Crippen LogP contribution is -2.35. The van der Waals surface area contributed by atoms with Crippen molar-refractivity contribution in [1.29, 1.82) is 0 Å². The topological polar surface area (TPSA) is 33.1 Å². The van der Waals surface area contributed by atoms with Crippen LogP contribution in [0.2, 0.25) is 0 Å². The lowest BCUT2D eigenvalue weighted by molar-refractivity contribution is 0.603. The molecule has 1 aromatic rings. The summed E-state index contributed by atoms with van der Waals surface area (Å²) < 4.78 is 2.08. The smallest absolute Gasteiger partial charge is 0.131 e. The van der Waals surface area contributed by atoms with E-state index >= 15 is 0 Å². The van der Waals surface area contributed by atoms with Gasteiger partial charge < -0.3 is 10.2 Å². The van der Waals surface area contributed by atoms with Crippen LogP contribution in [0.15, 0.2) is 0 Å². The highest BCUT2D eigenvalue weighted by molar-refractivity contribution is 5.51. The Hall–Kier alpha value is -1.03. The average molecular weight is 276 g/mol. The van der Waals surface area contributed by atoms with E-state index in [1.807, 2.05) is 0 Å². The largest absolute Gasteiger partial charge is 0.354 e. The van der Waals surface area contributed by atoms with Crippen molar-refractivity contribution >= 4 is 5.82 Å². The first-order valence-corrected chi connectivity index (χ1v) is 8.08. The minimum absolute atomic E-state index is 0.532. The molecule has 20 heavy (non-hydrogen) atoms. The van der Waals surface area contributed by atoms with E-state index in [2.05, 4.69) is 47.8 Å². The zero-order valence-electron chi connectivity index (χ0n) is 13.3. The highest BCUT2D eigenvalue weighted by atomic mass is 15.4. The van der Waals surface area contributed by atoms with Crippen molar-refractivity contribution in [3.63, 3.8) is 0 Å². The third kappa shape index (κ3) is 3.00. The molecule has 0 bridgehead atoms. The number of anilines is 1. The highest BCUT2D eigenvalue weighted by Crippen LogP contribution is 2.34. The number of rotatable bonds is 7. The highest BCUT2D eigenvalue weighted by Gasteiger charge is 2.29. The fraction of sp³-hybridized carbons (Fsp3) is 0.812. The van der Waals surface area contributed by atoms with Gasteiger partial charge in [0.1, 0.15) is 5.82 Å². The Morgan fingerprint density at radius 2 is 2.00 bits per heavy atom. The van der Waals surface area contributed by atoms with E-state index in [0.717, 1.165) is 18.5 Å². The molecule has 4 heteroatoms. The Balaban J connectivity index is 1.83. The van der Waals surface area contributed by atoms with E-state index < -0.39 is 0 Å². The first-order chi connectivity index (χ1) is 9.56. The summed E-state index contributed by atoms with van der Waals surface area (Å²) in [6, 6.07) is 1.28. The number of aryl methyl sites for hydroxylation is 2. The van der Waals surface area contributed by atoms with Crippen LogP contribution < -0.4 is 10.2 Å². The molecule has 2 aliphatic carbocycles. The number of hydrogen-bond donors (Lipinski definition) is 1. The maximum absolute atomic E-state index is 4.68. The zero-order chi connectivity index (χ0) is 14.3. The van der Waals surface area contributed by atoms with Gasteiger partial charge in [0.05, 0.1) is 5.69 Å². The van der Waals surface area contributed by atoms with E-state index in [4.69, 9.17) is 0 Å². The van der Waals surface area contributed by atoms with Gasteiger partial charge in [-0.3, -0.25) is 4.68 Å². The van der Waals surface area contributed by atoms with Crippen LogP contribution in [0.5, 0.6) is 0 Å². The van der Waals surface area contributed by atoms with Crippen LogP contribution in [0.25, 0.3) is 0 Å². The summed E-state index contributed by atoms with van der Waals surface area (Å²) >= 11 is 0. The van der Waals surface area contributed by atoms with Gasteiger partial charge in [-0.1, -0.05) is 0 Å². The molecular weight excluding hydrogens is 248 g/mol. The Kier molecular flexibility index (Phi) is 3.76. The van der Waals surface area contributed by atoms with E-state index in [1.165, 1.54) is 49.3 Å². The Morgan fingerprint density at radius 3 is 2.55 bits per heavy atom. The van der Waals surface area contributed by atoms with Crippen molar-refractivity contribution in [3.05, 3.63) is 11.3 Å². The van der Waals surface area contributed by atoms with Crippen LogP contribution in [0.3, 0.4) is 0 Å². The minimum Gasteiger partial charge on any atom is -0.354 e. The van der Waals surface area contributed by atoms with E-state index in [9.17, 15) is 0 Å². The molecule has 0 amide bonds. The molecule has 0 aromatic carbocycles. The molecular formula is C16H28N4. The van der Waals surface area contributed by atoms with Crippen LogP contribution >= 0.6 is 0 Å². The van der Waals surface area contributed by atoms with Gasteiger partial charge in [-0.05, 0) is 52.4 Å². The first-order valence-electron chi connectivity index (χ1n) is 8.08. The van der Waals surface area contributed by atoms with Crippen LogP contribution in [-0.2, 0) is 13.6 Å². The van der Waals surface area contributed by atoms with Crippen LogP contribution in [-0.4, -0.2) is 28.4 Å². The molecule has 0 unspecified atom stereocenters. The van der Waals surface area contributed by atoms with E-state index in [-0.39, 0.29) is 0 Å². The van der Waals surface area contributed by atoms with Gasteiger partial charge in [-0.25, -0.2) is 0 Å². The van der Waals surface area contributed by atoms with E-state index in [0.29, 0.717) is 6.04 Å². The molecule has 0 aliphatic heterocycles. The summed E-state index contributed by atoms with van der Waals surface area (Å²) in [5.41, 5.74) is 2.57. The molecule has 3 rings (SSSR count). The summed E-state index contributed by atoms with van der Waals surface area (Å²) in [6.45, 7) is 8.88. The number of hydrogen-bond acceptors (Lipinski definition) is 3. The molecule has 1 aromatic heterocycles. The van der Waals surface area contributed by atoms with Crippen molar-refractivity contribution in [2.24, 2.45) is 13.0 Å². The fourth-order valence-electron chi connectivity index (χ4n) is 2.91. The van der Waals surface area contributed by atoms with Gasteiger partial charge in [-0.2, -0.15) is 5.10 Å². The summed E-state index contributed by atoms with van der Waals surface area (Å²) in [5.74, 6) is 2.23. The maximum Gasteiger partial charge on any atom is 0.131 e. The maximum atomic E-state index is 4.68. The monoisotopic (exact) mass is 276 g/mol. The third-order valence-corrected chi connectivity index (χ3v) is 4.51. The van der Waals surface area contributed by atoms with Gasteiger partial charge >= 0.3 is 0 Å². The van der Waals surface area contributed by atoms with E-state index in [1.54, 1.807) is 0 Å². The predicted octanol–water partition coefficient (Wildman–Crippen LogP) is 2.61. The number of aromatic nitrogens is 2. The second-order valence-corrected chi connectivity index (χ2v) is 6.86. The van der Waals surface area contributed by atoms with Gasteiger partial charge in [-0.15, -0.1) is 0 Å². The summed E-state index contributed by atoms with van der Waals surface area (Å²) in [5, 5.41) is 8.33. The van der Waals surface area contributed by atoms with Gasteiger partial charge in [0.25, 0.3) is 0 Å². The molecule has 2 aliphatic rings. The Morgan fingerprint density at radius 1 is 1.30 bits per heavy atom. The molecule has 0 spiro atoms. The second kappa shape index (κ2) is 5.40. The van der Waals surface area contributed by atoms with Crippen molar-refractivity contribution in [2.75, 3.05) is 11.4 Å². The van der Waals surface area contributed by atoms with Crippen molar-refractivity contribution in [2.45, 2.75) is 65.1 Å². The summed E-state index contributed by atoms with van der Waals surface area (Å²) in [4.78, 5) is 2.56. The second-order valence-electron chi connectivity index (χ2n) is 6.86. The van der Waals surface area contributed by atoms with Crippen molar-refractivity contribution in [1.82, 2.24) is 15.1 Å². The normalized spacial score (nSPS) is 18.9. The SMILES string of the molecule is Cc1nn(C)c(N(CC2CC2)C(C)C)c1CNC1CC1. The molecule has 4 nitrogen and oxygen atoms in total. The molecule has 0 atom stereocenters. The molecule has 2 fully saturated rings. The molecule has 0 radical (unpaired) electrons. The molecule has 1 N–H and O–H groups in total. The fourth-order valence-corrected chi connectivity index (χ4v) is 2.91. The molecule has 0 saturated heterocycles. The number of nitrogens with zero attached hydrogens (tertiary/aromatic N) is 3. The third-order valence-electron chi connectivity index (χ3n) is 4.51. The molecule has 2 saturated carbocycles. The molecule has 1 heterocycles.